The smallest absolute Gasteiger partial charge is 0.0298 e. The van der Waals surface area contributed by atoms with E-state index in [1.165, 1.54) is 19.3 Å². The minimum atomic E-state index is 0.656. The highest BCUT2D eigenvalue weighted by Gasteiger charge is 2.45. The Kier molecular flexibility index (Phi) is 2.07. The summed E-state index contributed by atoms with van der Waals surface area (Å²) in [5.74, 6) is 2.02. The van der Waals surface area contributed by atoms with Gasteiger partial charge in [0.05, 0.1) is 0 Å². The van der Waals surface area contributed by atoms with Gasteiger partial charge in [0.15, 0.2) is 0 Å². The Morgan fingerprint density at radius 2 is 1.50 bits per heavy atom. The van der Waals surface area contributed by atoms with Crippen molar-refractivity contribution in [2.24, 2.45) is 17.3 Å². The zero-order valence-electron chi connectivity index (χ0n) is 7.78. The zero-order valence-corrected chi connectivity index (χ0v) is 7.78. The lowest BCUT2D eigenvalue weighted by molar-refractivity contribution is -0.0243. The van der Waals surface area contributed by atoms with E-state index in [-0.39, 0.29) is 0 Å². The molecule has 1 aliphatic rings. The largest absolute Gasteiger partial charge is 0.0651 e. The summed E-state index contributed by atoms with van der Waals surface area (Å²) in [5, 5.41) is 0. The molecule has 0 nitrogen and oxygen atoms in total. The molecule has 0 aliphatic heterocycles. The third-order valence-electron chi connectivity index (χ3n) is 3.66. The highest BCUT2D eigenvalue weighted by atomic mass is 14.5. The Morgan fingerprint density at radius 3 is 1.70 bits per heavy atom. The average molecular weight is 140 g/mol. The Labute approximate surface area is 65.0 Å². The van der Waals surface area contributed by atoms with Crippen LogP contribution in [0.2, 0.25) is 0 Å². The lowest BCUT2D eigenvalue weighted by atomic mass is 9.53. The predicted molar refractivity (Wildman–Crippen MR) is 46.0 cm³/mol. The van der Waals surface area contributed by atoms with E-state index in [0.29, 0.717) is 5.41 Å². The van der Waals surface area contributed by atoms with Gasteiger partial charge < -0.3 is 0 Å². The minimum absolute atomic E-state index is 0.656. The molecule has 1 aliphatic carbocycles. The molecule has 0 heterocycles. The van der Waals surface area contributed by atoms with Gasteiger partial charge in [-0.3, -0.25) is 0 Å². The third-order valence-corrected chi connectivity index (χ3v) is 3.66. The molecule has 2 unspecified atom stereocenters. The van der Waals surface area contributed by atoms with E-state index >= 15 is 0 Å². The molecule has 0 bridgehead atoms. The molecule has 1 saturated carbocycles. The molecule has 0 spiro atoms. The molecule has 1 rings (SSSR count). The summed E-state index contributed by atoms with van der Waals surface area (Å²) in [6, 6.07) is 0. The van der Waals surface area contributed by atoms with Crippen LogP contribution in [0.15, 0.2) is 0 Å². The maximum atomic E-state index is 2.43. The first-order valence-electron chi connectivity index (χ1n) is 4.62. The van der Waals surface area contributed by atoms with Crippen LogP contribution in [0.25, 0.3) is 0 Å². The number of hydrogen-bond acceptors (Lipinski definition) is 0. The van der Waals surface area contributed by atoms with Crippen LogP contribution < -0.4 is 0 Å². The van der Waals surface area contributed by atoms with Gasteiger partial charge in [0, 0.05) is 0 Å². The SMILES string of the molecule is CCC1CC(CC)C1(C)C. The van der Waals surface area contributed by atoms with Gasteiger partial charge in [-0.1, -0.05) is 40.5 Å². The monoisotopic (exact) mass is 140 g/mol. The van der Waals surface area contributed by atoms with Gasteiger partial charge >= 0.3 is 0 Å². The van der Waals surface area contributed by atoms with Crippen LogP contribution in [-0.2, 0) is 0 Å². The van der Waals surface area contributed by atoms with Crippen molar-refractivity contribution in [3.63, 3.8) is 0 Å². The van der Waals surface area contributed by atoms with Gasteiger partial charge in [0.25, 0.3) is 0 Å². The number of hydrogen-bond donors (Lipinski definition) is 0. The molecule has 1 fully saturated rings. The van der Waals surface area contributed by atoms with Crippen molar-refractivity contribution in [2.75, 3.05) is 0 Å². The van der Waals surface area contributed by atoms with Crippen LogP contribution in [0.1, 0.15) is 47.0 Å². The molecule has 60 valence electrons. The fraction of sp³-hybridized carbons (Fsp3) is 1.00. The van der Waals surface area contributed by atoms with E-state index in [0.717, 1.165) is 11.8 Å². The van der Waals surface area contributed by atoms with E-state index < -0.39 is 0 Å². The minimum Gasteiger partial charge on any atom is -0.0651 e. The third kappa shape index (κ3) is 0.980. The summed E-state index contributed by atoms with van der Waals surface area (Å²) in [4.78, 5) is 0. The Hall–Kier alpha value is 0. The van der Waals surface area contributed by atoms with E-state index in [2.05, 4.69) is 27.7 Å². The van der Waals surface area contributed by atoms with Crippen molar-refractivity contribution in [1.82, 2.24) is 0 Å². The normalized spacial score (nSPS) is 37.2. The second kappa shape index (κ2) is 2.56. The predicted octanol–water partition coefficient (Wildman–Crippen LogP) is 3.47. The lowest BCUT2D eigenvalue weighted by Crippen LogP contribution is -2.43. The second-order valence-electron chi connectivity index (χ2n) is 4.27. The van der Waals surface area contributed by atoms with Gasteiger partial charge in [-0.15, -0.1) is 0 Å². The molecule has 0 radical (unpaired) electrons. The molecule has 0 aromatic heterocycles. The van der Waals surface area contributed by atoms with Crippen molar-refractivity contribution >= 4 is 0 Å². The molecular weight excluding hydrogens is 120 g/mol. The van der Waals surface area contributed by atoms with Crippen molar-refractivity contribution in [2.45, 2.75) is 47.0 Å². The van der Waals surface area contributed by atoms with Crippen LogP contribution in [0, 0.1) is 17.3 Å². The molecule has 10 heavy (non-hydrogen) atoms. The Balaban J connectivity index is 2.47. The van der Waals surface area contributed by atoms with Gasteiger partial charge in [0.2, 0.25) is 0 Å². The molecule has 0 saturated heterocycles. The van der Waals surface area contributed by atoms with Gasteiger partial charge in [0.1, 0.15) is 0 Å². The summed E-state index contributed by atoms with van der Waals surface area (Å²) in [7, 11) is 0. The molecule has 0 N–H and O–H groups in total. The molecule has 0 heteroatoms. The summed E-state index contributed by atoms with van der Waals surface area (Å²) >= 11 is 0. The summed E-state index contributed by atoms with van der Waals surface area (Å²) in [6.07, 6.45) is 4.24. The van der Waals surface area contributed by atoms with Crippen molar-refractivity contribution in [3.05, 3.63) is 0 Å². The first-order valence-corrected chi connectivity index (χ1v) is 4.62. The fourth-order valence-corrected chi connectivity index (χ4v) is 2.51. The van der Waals surface area contributed by atoms with E-state index in [9.17, 15) is 0 Å². The van der Waals surface area contributed by atoms with E-state index in [4.69, 9.17) is 0 Å². The molecule has 0 aromatic carbocycles. The van der Waals surface area contributed by atoms with Crippen molar-refractivity contribution in [1.29, 1.82) is 0 Å². The number of rotatable bonds is 2. The maximum Gasteiger partial charge on any atom is -0.0298 e. The van der Waals surface area contributed by atoms with Crippen LogP contribution in [0.3, 0.4) is 0 Å². The summed E-state index contributed by atoms with van der Waals surface area (Å²) in [5.41, 5.74) is 0.656. The lowest BCUT2D eigenvalue weighted by Gasteiger charge is -2.52. The second-order valence-corrected chi connectivity index (χ2v) is 4.27. The highest BCUT2D eigenvalue weighted by molar-refractivity contribution is 4.94. The summed E-state index contributed by atoms with van der Waals surface area (Å²) < 4.78 is 0. The fourth-order valence-electron chi connectivity index (χ4n) is 2.51. The average Bonchev–Trinajstić information content (AvgIpc) is 1.88. The highest BCUT2D eigenvalue weighted by Crippen LogP contribution is 2.53. The Bertz CT molecular complexity index is 101. The maximum absolute atomic E-state index is 2.43. The summed E-state index contributed by atoms with van der Waals surface area (Å²) in [6.45, 7) is 9.49. The topological polar surface area (TPSA) is 0 Å². The first-order chi connectivity index (χ1) is 4.62. The molecule has 2 atom stereocenters. The first kappa shape index (κ1) is 8.10. The molecular formula is C10H20. The van der Waals surface area contributed by atoms with Crippen LogP contribution in [0.5, 0.6) is 0 Å². The van der Waals surface area contributed by atoms with Gasteiger partial charge in [-0.25, -0.2) is 0 Å². The molecule has 0 amide bonds. The standard InChI is InChI=1S/C10H20/c1-5-8-7-9(6-2)10(8,3)4/h8-9H,5-7H2,1-4H3. The molecule has 0 aromatic rings. The van der Waals surface area contributed by atoms with Crippen LogP contribution in [-0.4, -0.2) is 0 Å². The van der Waals surface area contributed by atoms with Crippen molar-refractivity contribution in [3.8, 4) is 0 Å². The van der Waals surface area contributed by atoms with E-state index in [1.54, 1.807) is 0 Å². The quantitative estimate of drug-likeness (QED) is 0.551. The van der Waals surface area contributed by atoms with Crippen LogP contribution in [0.4, 0.5) is 0 Å². The van der Waals surface area contributed by atoms with Crippen LogP contribution >= 0.6 is 0 Å². The van der Waals surface area contributed by atoms with Gasteiger partial charge in [-0.2, -0.15) is 0 Å². The van der Waals surface area contributed by atoms with Gasteiger partial charge in [-0.05, 0) is 23.7 Å². The zero-order chi connectivity index (χ0) is 7.78. The van der Waals surface area contributed by atoms with Crippen molar-refractivity contribution < 1.29 is 0 Å². The Morgan fingerprint density at radius 1 is 1.10 bits per heavy atom. The van der Waals surface area contributed by atoms with E-state index in [1.807, 2.05) is 0 Å².